The number of nitrogens with zero attached hydrogens (tertiary/aromatic N) is 2. The van der Waals surface area contributed by atoms with E-state index in [2.05, 4.69) is 10.6 Å². The molecule has 2 N–H and O–H groups in total. The zero-order chi connectivity index (χ0) is 32.1. The lowest BCUT2D eigenvalue weighted by Gasteiger charge is -2.15. The first kappa shape index (κ1) is 31.1. The van der Waals surface area contributed by atoms with E-state index < -0.39 is 39.6 Å². The lowest BCUT2D eigenvalue weighted by Crippen LogP contribution is -2.31. The Hall–Kier alpha value is -5.33. The van der Waals surface area contributed by atoms with Crippen molar-refractivity contribution in [3.63, 3.8) is 0 Å². The molecule has 4 aromatic carbocycles. The molecule has 0 aliphatic carbocycles. The topological polar surface area (TPSA) is 139 Å². The summed E-state index contributed by atoms with van der Waals surface area (Å²) in [6.07, 6.45) is 1.09. The Bertz CT molecular complexity index is 1810. The van der Waals surface area contributed by atoms with Gasteiger partial charge in [-0.15, -0.1) is 11.8 Å². The van der Waals surface area contributed by atoms with Gasteiger partial charge in [0, 0.05) is 40.3 Å². The Labute approximate surface area is 265 Å². The van der Waals surface area contributed by atoms with Crippen LogP contribution >= 0.6 is 23.4 Å². The maximum absolute atomic E-state index is 14.5. The number of carbonyl (C=O) groups excluding carboxylic acids is 4. The van der Waals surface area contributed by atoms with Crippen LogP contribution in [0.5, 0.6) is 0 Å². The number of hydrogen-bond donors (Lipinski definition) is 2. The third-order valence-corrected chi connectivity index (χ3v) is 8.16. The first-order chi connectivity index (χ1) is 21.6. The Balaban J connectivity index is 1.29. The number of halogens is 2. The standard InChI is InChI=1S/C32H22ClFN4O6S/c33-25-7-4-8-26(34)24(25)17-27(36-30(40)19-5-2-1-3-6-19)31(41)35-20-9-15-23(16-10-20)45-28-18-29(39)37(32(28)42)21-11-13-22(14-12-21)38(43)44/h1-17,28H,18H2,(H,35,41)(H,36,40)/b27-17-. The van der Waals surface area contributed by atoms with Crippen molar-refractivity contribution >= 4 is 70.1 Å². The summed E-state index contributed by atoms with van der Waals surface area (Å²) in [5, 5.41) is 15.4. The van der Waals surface area contributed by atoms with E-state index >= 15 is 0 Å². The van der Waals surface area contributed by atoms with Crippen LogP contribution in [-0.2, 0) is 14.4 Å². The molecule has 0 bridgehead atoms. The molecule has 0 saturated carbocycles. The number of benzene rings is 4. The van der Waals surface area contributed by atoms with Gasteiger partial charge in [-0.2, -0.15) is 0 Å². The summed E-state index contributed by atoms with van der Waals surface area (Å²) in [4.78, 5) is 63.8. The molecule has 10 nitrogen and oxygen atoms in total. The van der Waals surface area contributed by atoms with Crippen LogP contribution in [0.25, 0.3) is 6.08 Å². The van der Waals surface area contributed by atoms with E-state index in [9.17, 15) is 33.7 Å². The molecule has 1 heterocycles. The smallest absolute Gasteiger partial charge is 0.272 e. The highest BCUT2D eigenvalue weighted by Gasteiger charge is 2.40. The fraction of sp³-hybridized carbons (Fsp3) is 0.0625. The van der Waals surface area contributed by atoms with E-state index in [0.717, 1.165) is 22.7 Å². The number of nitrogens with one attached hydrogen (secondary N) is 2. The third-order valence-electron chi connectivity index (χ3n) is 6.63. The van der Waals surface area contributed by atoms with Gasteiger partial charge in [0.05, 0.1) is 20.9 Å². The van der Waals surface area contributed by atoms with Crippen LogP contribution in [0.4, 0.5) is 21.5 Å². The van der Waals surface area contributed by atoms with E-state index in [4.69, 9.17) is 11.6 Å². The average Bonchev–Trinajstić information content (AvgIpc) is 3.31. The van der Waals surface area contributed by atoms with Gasteiger partial charge >= 0.3 is 0 Å². The highest BCUT2D eigenvalue weighted by atomic mass is 35.5. The van der Waals surface area contributed by atoms with E-state index in [0.29, 0.717) is 10.6 Å². The second-order valence-corrected chi connectivity index (χ2v) is 11.3. The van der Waals surface area contributed by atoms with Crippen LogP contribution in [-0.4, -0.2) is 33.8 Å². The lowest BCUT2D eigenvalue weighted by atomic mass is 10.1. The molecule has 1 unspecified atom stereocenters. The number of rotatable bonds is 9. The van der Waals surface area contributed by atoms with Crippen LogP contribution in [0.2, 0.25) is 5.02 Å². The van der Waals surface area contributed by atoms with Gasteiger partial charge in [0.25, 0.3) is 17.5 Å². The van der Waals surface area contributed by atoms with E-state index in [-0.39, 0.29) is 39.6 Å². The molecule has 1 saturated heterocycles. The predicted molar refractivity (Wildman–Crippen MR) is 168 cm³/mol. The molecule has 1 aliphatic rings. The fourth-order valence-corrected chi connectivity index (χ4v) is 5.68. The lowest BCUT2D eigenvalue weighted by molar-refractivity contribution is -0.384. The van der Waals surface area contributed by atoms with Crippen molar-refractivity contribution in [2.24, 2.45) is 0 Å². The van der Waals surface area contributed by atoms with Gasteiger partial charge in [-0.05, 0) is 66.7 Å². The van der Waals surface area contributed by atoms with Gasteiger partial charge in [-0.3, -0.25) is 29.3 Å². The molecular weight excluding hydrogens is 623 g/mol. The highest BCUT2D eigenvalue weighted by molar-refractivity contribution is 8.00. The average molecular weight is 645 g/mol. The summed E-state index contributed by atoms with van der Waals surface area (Å²) in [5.41, 5.74) is 0.373. The molecule has 4 amide bonds. The summed E-state index contributed by atoms with van der Waals surface area (Å²) >= 11 is 7.31. The zero-order valence-electron chi connectivity index (χ0n) is 23.1. The van der Waals surface area contributed by atoms with Crippen molar-refractivity contribution < 1.29 is 28.5 Å². The third kappa shape index (κ3) is 7.25. The quantitative estimate of drug-likeness (QED) is 0.0954. The fourth-order valence-electron chi connectivity index (χ4n) is 4.41. The summed E-state index contributed by atoms with van der Waals surface area (Å²) in [5.74, 6) is -2.90. The minimum atomic E-state index is -0.741. The molecule has 1 fully saturated rings. The second kappa shape index (κ2) is 13.5. The number of carbonyl (C=O) groups is 4. The van der Waals surface area contributed by atoms with Crippen LogP contribution in [0.1, 0.15) is 22.3 Å². The number of non-ortho nitro benzene ring substituents is 1. The van der Waals surface area contributed by atoms with Crippen molar-refractivity contribution in [1.82, 2.24) is 5.32 Å². The maximum atomic E-state index is 14.5. The van der Waals surface area contributed by atoms with Gasteiger partial charge in [0.2, 0.25) is 11.8 Å². The molecule has 13 heteroatoms. The Morgan fingerprint density at radius 2 is 1.64 bits per heavy atom. The van der Waals surface area contributed by atoms with Gasteiger partial charge in [0.15, 0.2) is 0 Å². The first-order valence-corrected chi connectivity index (χ1v) is 14.6. The van der Waals surface area contributed by atoms with Gasteiger partial charge in [0.1, 0.15) is 11.5 Å². The van der Waals surface area contributed by atoms with Crippen LogP contribution < -0.4 is 15.5 Å². The first-order valence-electron chi connectivity index (χ1n) is 13.3. The summed E-state index contributed by atoms with van der Waals surface area (Å²) in [6.45, 7) is 0. The number of anilines is 2. The molecule has 0 spiro atoms. The van der Waals surface area contributed by atoms with Crippen molar-refractivity contribution in [2.45, 2.75) is 16.6 Å². The molecule has 1 aliphatic heterocycles. The normalized spacial score (nSPS) is 14.8. The summed E-state index contributed by atoms with van der Waals surface area (Å²) in [6, 6.07) is 23.8. The number of nitro benzene ring substituents is 1. The molecule has 0 aromatic heterocycles. The van der Waals surface area contributed by atoms with Crippen molar-refractivity contribution in [3.05, 3.63) is 135 Å². The summed E-state index contributed by atoms with van der Waals surface area (Å²) < 4.78 is 14.5. The Kier molecular flexibility index (Phi) is 9.36. The van der Waals surface area contributed by atoms with Crippen molar-refractivity contribution in [1.29, 1.82) is 0 Å². The second-order valence-electron chi connectivity index (χ2n) is 9.64. The van der Waals surface area contributed by atoms with E-state index in [1.54, 1.807) is 54.6 Å². The Morgan fingerprint density at radius 3 is 2.29 bits per heavy atom. The number of thioether (sulfide) groups is 1. The molecule has 4 aromatic rings. The molecule has 45 heavy (non-hydrogen) atoms. The number of imide groups is 1. The molecular formula is C32H22ClFN4O6S. The van der Waals surface area contributed by atoms with Crippen LogP contribution in [0.3, 0.4) is 0 Å². The SMILES string of the molecule is O=C(Nc1ccc(SC2CC(=O)N(c3ccc([N+](=O)[O-])cc3)C2=O)cc1)/C(=C/c1c(F)cccc1Cl)NC(=O)c1ccccc1. The Morgan fingerprint density at radius 1 is 0.956 bits per heavy atom. The van der Waals surface area contributed by atoms with Crippen LogP contribution in [0, 0.1) is 15.9 Å². The minimum Gasteiger partial charge on any atom is -0.321 e. The van der Waals surface area contributed by atoms with Gasteiger partial charge in [-0.1, -0.05) is 35.9 Å². The molecule has 226 valence electrons. The maximum Gasteiger partial charge on any atom is 0.272 e. The van der Waals surface area contributed by atoms with E-state index in [1.165, 1.54) is 42.5 Å². The number of hydrogen-bond acceptors (Lipinski definition) is 7. The molecule has 5 rings (SSSR count). The summed E-state index contributed by atoms with van der Waals surface area (Å²) in [7, 11) is 0. The van der Waals surface area contributed by atoms with Crippen molar-refractivity contribution in [3.8, 4) is 0 Å². The molecule has 0 radical (unpaired) electrons. The van der Waals surface area contributed by atoms with Gasteiger partial charge in [-0.25, -0.2) is 9.29 Å². The number of amides is 4. The van der Waals surface area contributed by atoms with Crippen LogP contribution in [0.15, 0.2) is 108 Å². The van der Waals surface area contributed by atoms with Crippen molar-refractivity contribution in [2.75, 3.05) is 10.2 Å². The van der Waals surface area contributed by atoms with E-state index in [1.807, 2.05) is 0 Å². The number of nitro groups is 1. The minimum absolute atomic E-state index is 0.0442. The monoisotopic (exact) mass is 644 g/mol. The zero-order valence-corrected chi connectivity index (χ0v) is 24.7. The highest BCUT2D eigenvalue weighted by Crippen LogP contribution is 2.35. The van der Waals surface area contributed by atoms with Gasteiger partial charge < -0.3 is 10.6 Å². The predicted octanol–water partition coefficient (Wildman–Crippen LogP) is 6.22. The molecule has 1 atom stereocenters. The largest absolute Gasteiger partial charge is 0.321 e.